The maximum absolute atomic E-state index is 12.5. The van der Waals surface area contributed by atoms with Gasteiger partial charge in [0.25, 0.3) is 0 Å². The van der Waals surface area contributed by atoms with E-state index in [1.54, 1.807) is 24.3 Å². The van der Waals surface area contributed by atoms with Crippen molar-refractivity contribution < 1.29 is 14.3 Å². The van der Waals surface area contributed by atoms with Crippen LogP contribution in [0.15, 0.2) is 54.6 Å². The summed E-state index contributed by atoms with van der Waals surface area (Å²) in [5, 5.41) is 5.51. The lowest BCUT2D eigenvalue weighted by Crippen LogP contribution is -2.41. The van der Waals surface area contributed by atoms with Crippen molar-refractivity contribution in [3.8, 4) is 0 Å². The average molecular weight is 327 g/mol. The van der Waals surface area contributed by atoms with Gasteiger partial charge in [0.15, 0.2) is 0 Å². The van der Waals surface area contributed by atoms with Crippen molar-refractivity contribution in [3.05, 3.63) is 65.7 Å². The van der Waals surface area contributed by atoms with Crippen LogP contribution in [0, 0.1) is 0 Å². The Morgan fingerprint density at radius 2 is 1.75 bits per heavy atom. The number of anilines is 1. The Balaban J connectivity index is 2.06. The van der Waals surface area contributed by atoms with Crippen LogP contribution in [0.1, 0.15) is 17.2 Å². The van der Waals surface area contributed by atoms with Gasteiger partial charge in [-0.05, 0) is 23.3 Å². The number of hydrogen-bond donors (Lipinski definition) is 3. The summed E-state index contributed by atoms with van der Waals surface area (Å²) in [5.41, 5.74) is 7.94. The molecule has 6 heteroatoms. The lowest BCUT2D eigenvalue weighted by atomic mass is 10.1. The van der Waals surface area contributed by atoms with E-state index in [4.69, 9.17) is 10.5 Å². The van der Waals surface area contributed by atoms with Gasteiger partial charge in [-0.25, -0.2) is 0 Å². The highest BCUT2D eigenvalue weighted by Gasteiger charge is 2.22. The Morgan fingerprint density at radius 3 is 2.38 bits per heavy atom. The number of rotatable bonds is 7. The second-order valence-electron chi connectivity index (χ2n) is 5.30. The minimum absolute atomic E-state index is 0.103. The van der Waals surface area contributed by atoms with Gasteiger partial charge in [0, 0.05) is 19.3 Å². The van der Waals surface area contributed by atoms with Gasteiger partial charge in [0.2, 0.25) is 11.8 Å². The van der Waals surface area contributed by atoms with Gasteiger partial charge in [0.1, 0.15) is 12.6 Å². The van der Waals surface area contributed by atoms with Crippen LogP contribution in [-0.4, -0.2) is 25.5 Å². The van der Waals surface area contributed by atoms with Gasteiger partial charge >= 0.3 is 0 Å². The van der Waals surface area contributed by atoms with E-state index in [2.05, 4.69) is 10.6 Å². The molecular formula is C18H21N3O3. The quantitative estimate of drug-likeness (QED) is 0.670. The minimum atomic E-state index is -0.775. The molecule has 0 bridgehead atoms. The number of carbonyl (C=O) groups excluding carboxylic acids is 2. The molecule has 126 valence electrons. The molecule has 24 heavy (non-hydrogen) atoms. The highest BCUT2D eigenvalue weighted by atomic mass is 16.5. The molecule has 0 heterocycles. The van der Waals surface area contributed by atoms with Crippen LogP contribution in [0.2, 0.25) is 0 Å². The lowest BCUT2D eigenvalue weighted by molar-refractivity contribution is -0.131. The summed E-state index contributed by atoms with van der Waals surface area (Å²) >= 11 is 0. The summed E-state index contributed by atoms with van der Waals surface area (Å²) in [6, 6.07) is 15.5. The molecule has 2 rings (SSSR count). The number of nitrogen functional groups attached to an aromatic ring is 1. The molecule has 2 aromatic carbocycles. The van der Waals surface area contributed by atoms with E-state index < -0.39 is 6.04 Å². The first-order valence-corrected chi connectivity index (χ1v) is 7.55. The molecule has 6 nitrogen and oxygen atoms in total. The number of ether oxygens (including phenoxy) is 1. The molecule has 4 N–H and O–H groups in total. The van der Waals surface area contributed by atoms with Crippen LogP contribution in [0.3, 0.4) is 0 Å². The number of nitrogens with one attached hydrogen (secondary N) is 2. The van der Waals surface area contributed by atoms with Crippen LogP contribution in [0.25, 0.3) is 0 Å². The predicted molar refractivity (Wildman–Crippen MR) is 91.9 cm³/mol. The molecule has 0 saturated heterocycles. The molecule has 0 aliphatic heterocycles. The minimum Gasteiger partial charge on any atom is -0.399 e. The van der Waals surface area contributed by atoms with Crippen LogP contribution >= 0.6 is 0 Å². The summed E-state index contributed by atoms with van der Waals surface area (Å²) in [7, 11) is 1.43. The summed E-state index contributed by atoms with van der Waals surface area (Å²) < 4.78 is 4.81. The van der Waals surface area contributed by atoms with Gasteiger partial charge in [-0.15, -0.1) is 0 Å². The highest BCUT2D eigenvalue weighted by Crippen LogP contribution is 2.13. The van der Waals surface area contributed by atoms with E-state index in [1.807, 2.05) is 30.3 Å². The molecule has 0 radical (unpaired) electrons. The maximum Gasteiger partial charge on any atom is 0.247 e. The van der Waals surface area contributed by atoms with Crippen LogP contribution < -0.4 is 16.4 Å². The second kappa shape index (κ2) is 8.69. The van der Waals surface area contributed by atoms with Gasteiger partial charge in [-0.1, -0.05) is 42.5 Å². The van der Waals surface area contributed by atoms with Crippen LogP contribution in [-0.2, 0) is 20.9 Å². The first-order valence-electron chi connectivity index (χ1n) is 7.55. The van der Waals surface area contributed by atoms with Gasteiger partial charge in [0.05, 0.1) is 0 Å². The average Bonchev–Trinajstić information content (AvgIpc) is 2.60. The number of amides is 2. The summed E-state index contributed by atoms with van der Waals surface area (Å²) in [6.07, 6.45) is 0. The van der Waals surface area contributed by atoms with Crippen molar-refractivity contribution in [1.29, 1.82) is 0 Å². The molecule has 0 aromatic heterocycles. The third-order valence-corrected chi connectivity index (χ3v) is 3.42. The van der Waals surface area contributed by atoms with Crippen molar-refractivity contribution in [3.63, 3.8) is 0 Å². The molecule has 0 aliphatic rings. The van der Waals surface area contributed by atoms with E-state index in [0.717, 1.165) is 5.56 Å². The van der Waals surface area contributed by atoms with Gasteiger partial charge in [-0.3, -0.25) is 9.59 Å². The Hall–Kier alpha value is -2.86. The van der Waals surface area contributed by atoms with E-state index in [9.17, 15) is 9.59 Å². The number of hydrogen-bond acceptors (Lipinski definition) is 4. The van der Waals surface area contributed by atoms with Gasteiger partial charge in [-0.2, -0.15) is 0 Å². The van der Waals surface area contributed by atoms with Crippen LogP contribution in [0.5, 0.6) is 0 Å². The molecule has 0 fully saturated rings. The molecule has 0 saturated carbocycles. The summed E-state index contributed by atoms with van der Waals surface area (Å²) in [4.78, 5) is 24.3. The fourth-order valence-electron chi connectivity index (χ4n) is 2.21. The molecule has 1 atom stereocenters. The fraction of sp³-hybridized carbons (Fsp3) is 0.222. The number of benzene rings is 2. The van der Waals surface area contributed by atoms with Crippen molar-refractivity contribution in [1.82, 2.24) is 10.6 Å². The Labute approximate surface area is 141 Å². The second-order valence-corrected chi connectivity index (χ2v) is 5.30. The molecule has 2 aromatic rings. The van der Waals surface area contributed by atoms with Crippen molar-refractivity contribution in [2.24, 2.45) is 0 Å². The highest BCUT2D eigenvalue weighted by molar-refractivity contribution is 5.89. The smallest absolute Gasteiger partial charge is 0.247 e. The molecule has 1 unspecified atom stereocenters. The Bertz CT molecular complexity index is 672. The van der Waals surface area contributed by atoms with Gasteiger partial charge < -0.3 is 21.1 Å². The number of nitrogens with two attached hydrogens (primary N) is 1. The molecule has 2 amide bonds. The van der Waals surface area contributed by atoms with E-state index in [-0.39, 0.29) is 18.4 Å². The molecule has 0 aliphatic carbocycles. The van der Waals surface area contributed by atoms with Crippen LogP contribution in [0.4, 0.5) is 5.69 Å². The number of carbonyl (C=O) groups is 2. The zero-order valence-corrected chi connectivity index (χ0v) is 13.5. The van der Waals surface area contributed by atoms with Crippen molar-refractivity contribution >= 4 is 17.5 Å². The Morgan fingerprint density at radius 1 is 1.08 bits per heavy atom. The van der Waals surface area contributed by atoms with E-state index in [1.165, 1.54) is 7.11 Å². The zero-order chi connectivity index (χ0) is 17.4. The summed E-state index contributed by atoms with van der Waals surface area (Å²) in [6.45, 7) is 0.247. The molecule has 0 spiro atoms. The topological polar surface area (TPSA) is 93.4 Å². The maximum atomic E-state index is 12.5. The monoisotopic (exact) mass is 327 g/mol. The first-order chi connectivity index (χ1) is 11.6. The first kappa shape index (κ1) is 17.5. The third kappa shape index (κ3) is 5.10. The van der Waals surface area contributed by atoms with E-state index in [0.29, 0.717) is 17.8 Å². The zero-order valence-electron chi connectivity index (χ0n) is 13.5. The lowest BCUT2D eigenvalue weighted by Gasteiger charge is -2.19. The normalized spacial score (nSPS) is 11.5. The Kier molecular flexibility index (Phi) is 6.33. The third-order valence-electron chi connectivity index (χ3n) is 3.42. The SMILES string of the molecule is COCC(=O)NC(C(=O)NCc1ccc(N)cc1)c1ccccc1. The van der Waals surface area contributed by atoms with E-state index >= 15 is 0 Å². The number of methoxy groups -OCH3 is 1. The predicted octanol–water partition coefficient (Wildman–Crippen LogP) is 1.39. The summed E-state index contributed by atoms with van der Waals surface area (Å²) in [5.74, 6) is -0.642. The molecular weight excluding hydrogens is 306 g/mol. The largest absolute Gasteiger partial charge is 0.399 e. The van der Waals surface area contributed by atoms with Crippen molar-refractivity contribution in [2.45, 2.75) is 12.6 Å². The fourth-order valence-corrected chi connectivity index (χ4v) is 2.21. The standard InChI is InChI=1S/C18H21N3O3/c1-24-12-16(22)21-17(14-5-3-2-4-6-14)18(23)20-11-13-7-9-15(19)10-8-13/h2-10,17H,11-12,19H2,1H3,(H,20,23)(H,21,22). The van der Waals surface area contributed by atoms with Crippen molar-refractivity contribution in [2.75, 3.05) is 19.5 Å².